The third-order valence-corrected chi connectivity index (χ3v) is 6.41. The van der Waals surface area contributed by atoms with Gasteiger partial charge in [0.05, 0.1) is 5.58 Å². The number of hydrogen-bond donors (Lipinski definition) is 0. The molecular formula is C35H33IrN3O-2. The summed E-state index contributed by atoms with van der Waals surface area (Å²) in [6.07, 6.45) is 4.75. The van der Waals surface area contributed by atoms with Gasteiger partial charge in [0.25, 0.3) is 0 Å². The van der Waals surface area contributed by atoms with E-state index < -0.39 is 0 Å². The third kappa shape index (κ3) is 6.91. The van der Waals surface area contributed by atoms with Crippen LogP contribution in [0.25, 0.3) is 44.6 Å². The minimum atomic E-state index is 0. The van der Waals surface area contributed by atoms with Crippen LogP contribution in [0.15, 0.2) is 83.5 Å². The predicted molar refractivity (Wildman–Crippen MR) is 159 cm³/mol. The standard InChI is InChI=1S/C22H21N2O.C13H12N.Ir/c1-14-8-9-17-16-6-5-7-18(20(16)25-21(17)24-14)19-12-15(10-11-23-19)13-22(2,3)4;1-10-3-6-12(7-4-10)13-8-5-11(2)9-14-13;/h5-6,8-12H,13H2,1-4H3;3-6,8-9H,1-2H3;/q2*-1;. The van der Waals surface area contributed by atoms with Crippen molar-refractivity contribution in [3.8, 4) is 22.5 Å². The van der Waals surface area contributed by atoms with E-state index in [0.29, 0.717) is 5.71 Å². The smallest absolute Gasteiger partial charge is 0.216 e. The number of furan rings is 1. The average molecular weight is 704 g/mol. The number of fused-ring (bicyclic) bond motifs is 3. The van der Waals surface area contributed by atoms with Gasteiger partial charge in [-0.1, -0.05) is 62.4 Å². The van der Waals surface area contributed by atoms with E-state index in [0.717, 1.165) is 51.0 Å². The average Bonchev–Trinajstić information content (AvgIpc) is 3.27. The first-order chi connectivity index (χ1) is 18.7. The Labute approximate surface area is 250 Å². The van der Waals surface area contributed by atoms with Crippen LogP contribution in [-0.2, 0) is 26.5 Å². The molecule has 205 valence electrons. The number of nitrogens with zero attached hydrogens (tertiary/aromatic N) is 3. The summed E-state index contributed by atoms with van der Waals surface area (Å²) in [6, 6.07) is 29.0. The summed E-state index contributed by atoms with van der Waals surface area (Å²) in [5.41, 5.74) is 10.1. The molecule has 0 amide bonds. The van der Waals surface area contributed by atoms with Crippen LogP contribution in [0.5, 0.6) is 0 Å². The van der Waals surface area contributed by atoms with Crippen LogP contribution >= 0.6 is 0 Å². The number of aryl methyl sites for hydroxylation is 3. The Kier molecular flexibility index (Phi) is 8.98. The van der Waals surface area contributed by atoms with Crippen LogP contribution < -0.4 is 0 Å². The van der Waals surface area contributed by atoms with Crippen molar-refractivity contribution < 1.29 is 24.5 Å². The molecule has 0 N–H and O–H groups in total. The van der Waals surface area contributed by atoms with E-state index in [1.54, 1.807) is 0 Å². The van der Waals surface area contributed by atoms with Gasteiger partial charge in [0, 0.05) is 43.6 Å². The van der Waals surface area contributed by atoms with Crippen molar-refractivity contribution in [3.63, 3.8) is 0 Å². The summed E-state index contributed by atoms with van der Waals surface area (Å²) in [4.78, 5) is 13.4. The normalized spacial score (nSPS) is 11.2. The van der Waals surface area contributed by atoms with Gasteiger partial charge in [-0.25, -0.2) is 4.98 Å². The van der Waals surface area contributed by atoms with Crippen LogP contribution in [0.4, 0.5) is 0 Å². The maximum atomic E-state index is 6.08. The van der Waals surface area contributed by atoms with Gasteiger partial charge in [-0.15, -0.1) is 53.6 Å². The maximum Gasteiger partial charge on any atom is 0.216 e. The van der Waals surface area contributed by atoms with Crippen LogP contribution in [-0.4, -0.2) is 15.0 Å². The number of aromatic nitrogens is 3. The molecule has 0 spiro atoms. The molecule has 0 aliphatic heterocycles. The summed E-state index contributed by atoms with van der Waals surface area (Å²) in [6.45, 7) is 12.8. The third-order valence-electron chi connectivity index (χ3n) is 6.41. The fourth-order valence-corrected chi connectivity index (χ4v) is 4.53. The quantitative estimate of drug-likeness (QED) is 0.173. The molecule has 0 aliphatic rings. The number of hydrogen-bond acceptors (Lipinski definition) is 4. The van der Waals surface area contributed by atoms with E-state index >= 15 is 0 Å². The molecule has 40 heavy (non-hydrogen) atoms. The minimum Gasteiger partial charge on any atom is -0.486 e. The van der Waals surface area contributed by atoms with Crippen LogP contribution in [0, 0.1) is 38.3 Å². The Morgan fingerprint density at radius 3 is 2.30 bits per heavy atom. The Balaban J connectivity index is 0.000000210. The van der Waals surface area contributed by atoms with Crippen molar-refractivity contribution in [1.29, 1.82) is 0 Å². The van der Waals surface area contributed by atoms with Gasteiger partial charge in [0.2, 0.25) is 5.71 Å². The first kappa shape index (κ1) is 29.3. The Bertz CT molecular complexity index is 1690. The fraction of sp³-hybridized carbons (Fsp3) is 0.229. The largest absolute Gasteiger partial charge is 0.486 e. The monoisotopic (exact) mass is 704 g/mol. The van der Waals surface area contributed by atoms with Crippen LogP contribution in [0.1, 0.15) is 43.2 Å². The topological polar surface area (TPSA) is 51.8 Å². The summed E-state index contributed by atoms with van der Waals surface area (Å²) < 4.78 is 6.08. The summed E-state index contributed by atoms with van der Waals surface area (Å²) >= 11 is 0. The molecule has 2 aromatic carbocycles. The molecule has 4 nitrogen and oxygen atoms in total. The van der Waals surface area contributed by atoms with E-state index in [4.69, 9.17) is 4.42 Å². The molecule has 0 atom stereocenters. The van der Waals surface area contributed by atoms with E-state index in [-0.39, 0.29) is 25.5 Å². The van der Waals surface area contributed by atoms with Gasteiger partial charge in [-0.2, -0.15) is 0 Å². The van der Waals surface area contributed by atoms with E-state index in [1.807, 2.05) is 62.6 Å². The Morgan fingerprint density at radius 2 is 1.60 bits per heavy atom. The molecule has 0 bridgehead atoms. The van der Waals surface area contributed by atoms with Gasteiger partial charge < -0.3 is 14.4 Å². The maximum absolute atomic E-state index is 6.08. The second kappa shape index (κ2) is 12.2. The second-order valence-corrected chi connectivity index (χ2v) is 11.3. The predicted octanol–water partition coefficient (Wildman–Crippen LogP) is 8.90. The summed E-state index contributed by atoms with van der Waals surface area (Å²) in [5, 5.41) is 2.08. The molecule has 0 unspecified atom stereocenters. The van der Waals surface area contributed by atoms with Crippen molar-refractivity contribution in [2.24, 2.45) is 5.41 Å². The molecular weight excluding hydrogens is 671 g/mol. The molecule has 0 saturated carbocycles. The van der Waals surface area contributed by atoms with Crippen molar-refractivity contribution in [1.82, 2.24) is 15.0 Å². The number of pyridine rings is 3. The molecule has 6 aromatic rings. The zero-order valence-electron chi connectivity index (χ0n) is 23.8. The molecule has 0 aliphatic carbocycles. The van der Waals surface area contributed by atoms with Gasteiger partial charge in [0.1, 0.15) is 0 Å². The molecule has 1 radical (unpaired) electrons. The second-order valence-electron chi connectivity index (χ2n) is 11.3. The summed E-state index contributed by atoms with van der Waals surface area (Å²) in [5.74, 6) is 0. The summed E-state index contributed by atoms with van der Waals surface area (Å²) in [7, 11) is 0. The van der Waals surface area contributed by atoms with Gasteiger partial charge in [-0.05, 0) is 60.8 Å². The number of rotatable bonds is 3. The van der Waals surface area contributed by atoms with Crippen molar-refractivity contribution in [2.75, 3.05) is 0 Å². The minimum absolute atomic E-state index is 0. The first-order valence-corrected chi connectivity index (χ1v) is 13.2. The molecule has 5 heteroatoms. The van der Waals surface area contributed by atoms with Crippen LogP contribution in [0.3, 0.4) is 0 Å². The van der Waals surface area contributed by atoms with Crippen molar-refractivity contribution in [2.45, 2.75) is 48.0 Å². The molecule has 4 aromatic heterocycles. The zero-order chi connectivity index (χ0) is 27.6. The van der Waals surface area contributed by atoms with E-state index in [1.165, 1.54) is 16.7 Å². The Morgan fingerprint density at radius 1 is 0.800 bits per heavy atom. The van der Waals surface area contributed by atoms with Crippen molar-refractivity contribution >= 4 is 22.1 Å². The van der Waals surface area contributed by atoms with Gasteiger partial charge in [-0.3, -0.25) is 0 Å². The molecule has 0 saturated heterocycles. The number of benzene rings is 2. The van der Waals surface area contributed by atoms with Crippen LogP contribution in [0.2, 0.25) is 0 Å². The van der Waals surface area contributed by atoms with Gasteiger partial charge in [0.15, 0.2) is 0 Å². The fourth-order valence-electron chi connectivity index (χ4n) is 4.53. The zero-order valence-corrected chi connectivity index (χ0v) is 26.2. The van der Waals surface area contributed by atoms with E-state index in [2.05, 4.69) is 85.1 Å². The van der Waals surface area contributed by atoms with E-state index in [9.17, 15) is 0 Å². The SMILES string of the molecule is Cc1c[c-]c(-c2ccc(C)cn2)cc1.Cc1ccc2c(n1)oc1c(-c3cc(CC(C)(C)C)ccn3)[c-]ccc12.[Ir]. The van der Waals surface area contributed by atoms with Gasteiger partial charge >= 0.3 is 0 Å². The molecule has 4 heterocycles. The van der Waals surface area contributed by atoms with Crippen molar-refractivity contribution in [3.05, 3.63) is 114 Å². The first-order valence-electron chi connectivity index (χ1n) is 13.2. The Hall–Kier alpha value is -3.66. The molecule has 6 rings (SSSR count). The molecule has 0 fully saturated rings.